The zero-order valence-corrected chi connectivity index (χ0v) is 17.1. The molecule has 3 rings (SSSR count). The van der Waals surface area contributed by atoms with Gasteiger partial charge in [0.2, 0.25) is 0 Å². The van der Waals surface area contributed by atoms with Crippen LogP contribution in [0, 0.1) is 0 Å². The number of hydrogen-bond donors (Lipinski definition) is 0. The molecular formula is C22H21N3O5. The SMILES string of the molecule is COC(=O)c1c(-c2ccccc2C(=O)N(C)C)nn(-c2ccccc2)c1C(=O)OC. The lowest BCUT2D eigenvalue weighted by molar-refractivity contribution is 0.0549. The topological polar surface area (TPSA) is 90.7 Å². The van der Waals surface area contributed by atoms with Crippen LogP contribution < -0.4 is 0 Å². The average molecular weight is 407 g/mol. The Labute approximate surface area is 173 Å². The van der Waals surface area contributed by atoms with Gasteiger partial charge in [-0.05, 0) is 18.2 Å². The normalized spacial score (nSPS) is 10.4. The first-order chi connectivity index (χ1) is 14.4. The molecule has 3 aromatic rings. The molecule has 0 unspecified atom stereocenters. The van der Waals surface area contributed by atoms with Gasteiger partial charge in [-0.3, -0.25) is 4.79 Å². The van der Waals surface area contributed by atoms with Crippen LogP contribution in [0.4, 0.5) is 0 Å². The zero-order valence-electron chi connectivity index (χ0n) is 17.1. The smallest absolute Gasteiger partial charge is 0.357 e. The molecule has 1 aromatic heterocycles. The van der Waals surface area contributed by atoms with Crippen molar-refractivity contribution in [3.63, 3.8) is 0 Å². The molecule has 30 heavy (non-hydrogen) atoms. The minimum atomic E-state index is -0.764. The van der Waals surface area contributed by atoms with E-state index < -0.39 is 11.9 Å². The molecule has 0 saturated carbocycles. The van der Waals surface area contributed by atoms with Crippen LogP contribution in [0.25, 0.3) is 16.9 Å². The molecule has 0 bridgehead atoms. The highest BCUT2D eigenvalue weighted by Crippen LogP contribution is 2.31. The van der Waals surface area contributed by atoms with Crippen molar-refractivity contribution in [3.05, 3.63) is 71.4 Å². The zero-order chi connectivity index (χ0) is 21.8. The Morgan fingerprint density at radius 3 is 2.07 bits per heavy atom. The van der Waals surface area contributed by atoms with Gasteiger partial charge in [0, 0.05) is 25.2 Å². The molecule has 154 valence electrons. The second kappa shape index (κ2) is 8.60. The summed E-state index contributed by atoms with van der Waals surface area (Å²) >= 11 is 0. The lowest BCUT2D eigenvalue weighted by Crippen LogP contribution is -2.22. The van der Waals surface area contributed by atoms with Crippen LogP contribution in [-0.2, 0) is 9.47 Å². The van der Waals surface area contributed by atoms with E-state index in [1.165, 1.54) is 23.8 Å². The summed E-state index contributed by atoms with van der Waals surface area (Å²) in [6.07, 6.45) is 0. The summed E-state index contributed by atoms with van der Waals surface area (Å²) in [4.78, 5) is 39.5. The highest BCUT2D eigenvalue weighted by molar-refractivity contribution is 6.09. The second-order valence-corrected chi connectivity index (χ2v) is 6.55. The number of para-hydroxylation sites is 1. The van der Waals surface area contributed by atoms with Crippen molar-refractivity contribution < 1.29 is 23.9 Å². The third-order valence-corrected chi connectivity index (χ3v) is 4.47. The maximum atomic E-state index is 12.7. The van der Waals surface area contributed by atoms with Crippen molar-refractivity contribution in [1.82, 2.24) is 14.7 Å². The minimum absolute atomic E-state index is 0.0767. The van der Waals surface area contributed by atoms with E-state index in [1.807, 2.05) is 6.07 Å². The fraction of sp³-hybridized carbons (Fsp3) is 0.182. The fourth-order valence-corrected chi connectivity index (χ4v) is 3.06. The van der Waals surface area contributed by atoms with Crippen LogP contribution in [0.2, 0.25) is 0 Å². The van der Waals surface area contributed by atoms with E-state index in [2.05, 4.69) is 5.10 Å². The van der Waals surface area contributed by atoms with Crippen LogP contribution in [0.15, 0.2) is 54.6 Å². The summed E-state index contributed by atoms with van der Waals surface area (Å²) in [6, 6.07) is 15.6. The van der Waals surface area contributed by atoms with E-state index in [1.54, 1.807) is 62.6 Å². The first-order valence-corrected chi connectivity index (χ1v) is 9.06. The van der Waals surface area contributed by atoms with Gasteiger partial charge in [0.05, 0.1) is 19.9 Å². The van der Waals surface area contributed by atoms with Gasteiger partial charge < -0.3 is 14.4 Å². The third-order valence-electron chi connectivity index (χ3n) is 4.47. The molecule has 0 saturated heterocycles. The number of amides is 1. The summed E-state index contributed by atoms with van der Waals surface area (Å²) in [5.41, 5.74) is 1.27. The molecule has 8 nitrogen and oxygen atoms in total. The van der Waals surface area contributed by atoms with Crippen molar-refractivity contribution in [1.29, 1.82) is 0 Å². The summed E-state index contributed by atoms with van der Waals surface area (Å²) in [5.74, 6) is -1.79. The van der Waals surface area contributed by atoms with Gasteiger partial charge in [0.25, 0.3) is 5.91 Å². The Bertz CT molecular complexity index is 1100. The van der Waals surface area contributed by atoms with Crippen molar-refractivity contribution in [2.75, 3.05) is 28.3 Å². The highest BCUT2D eigenvalue weighted by atomic mass is 16.5. The summed E-state index contributed by atoms with van der Waals surface area (Å²) in [7, 11) is 5.68. The molecule has 1 heterocycles. The maximum absolute atomic E-state index is 12.7. The van der Waals surface area contributed by atoms with Gasteiger partial charge >= 0.3 is 11.9 Å². The molecule has 2 aromatic carbocycles. The number of ether oxygens (including phenoxy) is 2. The number of carbonyl (C=O) groups excluding carboxylic acids is 3. The van der Waals surface area contributed by atoms with Crippen LogP contribution in [0.1, 0.15) is 31.2 Å². The molecule has 1 amide bonds. The number of aromatic nitrogens is 2. The van der Waals surface area contributed by atoms with Crippen molar-refractivity contribution in [2.45, 2.75) is 0 Å². The predicted octanol–water partition coefficient (Wildman–Crippen LogP) is 2.81. The Morgan fingerprint density at radius 2 is 1.47 bits per heavy atom. The molecule has 0 radical (unpaired) electrons. The first kappa shape index (κ1) is 20.8. The molecule has 0 aliphatic rings. The number of rotatable bonds is 5. The van der Waals surface area contributed by atoms with E-state index in [9.17, 15) is 14.4 Å². The van der Waals surface area contributed by atoms with E-state index in [0.29, 0.717) is 16.8 Å². The van der Waals surface area contributed by atoms with Crippen LogP contribution in [0.5, 0.6) is 0 Å². The molecule has 0 fully saturated rings. The third kappa shape index (κ3) is 3.67. The molecular weight excluding hydrogens is 386 g/mol. The molecule has 0 aliphatic heterocycles. The number of benzene rings is 2. The first-order valence-electron chi connectivity index (χ1n) is 9.06. The molecule has 0 aliphatic carbocycles. The predicted molar refractivity (Wildman–Crippen MR) is 110 cm³/mol. The number of carbonyl (C=O) groups is 3. The Hall–Kier alpha value is -3.94. The molecule has 0 N–H and O–H groups in total. The van der Waals surface area contributed by atoms with Crippen molar-refractivity contribution in [2.24, 2.45) is 0 Å². The molecule has 0 atom stereocenters. The van der Waals surface area contributed by atoms with Gasteiger partial charge in [0.1, 0.15) is 11.3 Å². The van der Waals surface area contributed by atoms with Gasteiger partial charge in [-0.15, -0.1) is 0 Å². The van der Waals surface area contributed by atoms with Gasteiger partial charge in [-0.2, -0.15) is 5.10 Å². The quantitative estimate of drug-likeness (QED) is 0.604. The average Bonchev–Trinajstić information content (AvgIpc) is 3.18. The number of hydrogen-bond acceptors (Lipinski definition) is 6. The van der Waals surface area contributed by atoms with Crippen molar-refractivity contribution >= 4 is 17.8 Å². The molecule has 0 spiro atoms. The second-order valence-electron chi connectivity index (χ2n) is 6.55. The minimum Gasteiger partial charge on any atom is -0.465 e. The van der Waals surface area contributed by atoms with Gasteiger partial charge in [-0.1, -0.05) is 36.4 Å². The van der Waals surface area contributed by atoms with E-state index in [4.69, 9.17) is 9.47 Å². The lowest BCUT2D eigenvalue weighted by atomic mass is 9.99. The number of methoxy groups -OCH3 is 2. The van der Waals surface area contributed by atoms with Crippen LogP contribution in [-0.4, -0.2) is 60.8 Å². The van der Waals surface area contributed by atoms with Gasteiger partial charge in [0.15, 0.2) is 5.69 Å². The largest absolute Gasteiger partial charge is 0.465 e. The number of nitrogens with zero attached hydrogens (tertiary/aromatic N) is 3. The Balaban J connectivity index is 2.39. The molecule has 8 heteroatoms. The van der Waals surface area contributed by atoms with Crippen molar-refractivity contribution in [3.8, 4) is 16.9 Å². The number of esters is 2. The Morgan fingerprint density at radius 1 is 0.867 bits per heavy atom. The van der Waals surface area contributed by atoms with E-state index in [-0.39, 0.29) is 22.9 Å². The van der Waals surface area contributed by atoms with Crippen LogP contribution >= 0.6 is 0 Å². The maximum Gasteiger partial charge on any atom is 0.357 e. The Kier molecular flexibility index (Phi) is 5.96. The fourth-order valence-electron chi connectivity index (χ4n) is 3.06. The monoisotopic (exact) mass is 407 g/mol. The van der Waals surface area contributed by atoms with Gasteiger partial charge in [-0.25, -0.2) is 14.3 Å². The van der Waals surface area contributed by atoms with E-state index >= 15 is 0 Å². The summed E-state index contributed by atoms with van der Waals surface area (Å²) in [5, 5.41) is 4.54. The lowest BCUT2D eigenvalue weighted by Gasteiger charge is -2.13. The summed E-state index contributed by atoms with van der Waals surface area (Å²) in [6.45, 7) is 0. The van der Waals surface area contributed by atoms with E-state index in [0.717, 1.165) is 0 Å². The standard InChI is InChI=1S/C22H21N3O5/c1-24(2)20(26)16-13-9-8-12-15(16)18-17(21(27)29-3)19(22(28)30-4)25(23-18)14-10-6-5-7-11-14/h5-13H,1-4H3. The summed E-state index contributed by atoms with van der Waals surface area (Å²) < 4.78 is 11.2. The highest BCUT2D eigenvalue weighted by Gasteiger charge is 2.32. The van der Waals surface area contributed by atoms with Crippen LogP contribution in [0.3, 0.4) is 0 Å².